The Bertz CT molecular complexity index is 309. The molecule has 1 aromatic heterocycles. The molecule has 1 aliphatic heterocycles. The van der Waals surface area contributed by atoms with Crippen molar-refractivity contribution in [1.29, 1.82) is 0 Å². The third kappa shape index (κ3) is 2.21. The number of rotatable bonds is 3. The van der Waals surface area contributed by atoms with Gasteiger partial charge in [-0.15, -0.1) is 0 Å². The van der Waals surface area contributed by atoms with Crippen LogP contribution in [0, 0.1) is 5.92 Å². The highest BCUT2D eigenvalue weighted by atomic mass is 16.5. The number of aromatic amines is 1. The Balaban J connectivity index is 1.82. The summed E-state index contributed by atoms with van der Waals surface area (Å²) in [6.45, 7) is 2.24. The summed E-state index contributed by atoms with van der Waals surface area (Å²) in [5.41, 5.74) is 0.636. The Morgan fingerprint density at radius 2 is 2.54 bits per heavy atom. The summed E-state index contributed by atoms with van der Waals surface area (Å²) in [5, 5.41) is 5.94. The van der Waals surface area contributed by atoms with Gasteiger partial charge in [0, 0.05) is 6.07 Å². The van der Waals surface area contributed by atoms with E-state index in [4.69, 9.17) is 0 Å². The zero-order chi connectivity index (χ0) is 9.10. The number of nitrogens with one attached hydrogen (secondary N) is 2. The lowest BCUT2D eigenvalue weighted by atomic mass is 10.0. The Morgan fingerprint density at radius 3 is 3.15 bits per heavy atom. The fourth-order valence-corrected chi connectivity index (χ4v) is 1.76. The third-order valence-corrected chi connectivity index (χ3v) is 2.56. The number of hydrogen-bond donors (Lipinski definition) is 2. The third-order valence-electron chi connectivity index (χ3n) is 2.56. The molecule has 1 saturated heterocycles. The Morgan fingerprint density at radius 1 is 1.62 bits per heavy atom. The van der Waals surface area contributed by atoms with Crippen LogP contribution in [0.15, 0.2) is 15.4 Å². The maximum atomic E-state index is 10.7. The molecule has 1 atom stereocenters. The first-order valence-corrected chi connectivity index (χ1v) is 4.73. The van der Waals surface area contributed by atoms with E-state index < -0.39 is 0 Å². The van der Waals surface area contributed by atoms with E-state index in [2.05, 4.69) is 15.0 Å². The topological polar surface area (TPSA) is 58.0 Å². The summed E-state index contributed by atoms with van der Waals surface area (Å²) < 4.78 is 4.58. The number of H-pyrrole nitrogens is 1. The molecule has 72 valence electrons. The summed E-state index contributed by atoms with van der Waals surface area (Å²) in [6, 6.07) is 1.53. The fourth-order valence-electron chi connectivity index (χ4n) is 1.76. The molecule has 0 amide bonds. The fraction of sp³-hybridized carbons (Fsp3) is 0.667. The molecule has 0 saturated carbocycles. The number of hydrogen-bond acceptors (Lipinski definition) is 3. The highest BCUT2D eigenvalue weighted by Gasteiger charge is 2.14. The summed E-state index contributed by atoms with van der Waals surface area (Å²) in [7, 11) is 0. The van der Waals surface area contributed by atoms with Crippen LogP contribution in [-0.4, -0.2) is 18.2 Å². The van der Waals surface area contributed by atoms with Crippen LogP contribution >= 0.6 is 0 Å². The van der Waals surface area contributed by atoms with E-state index in [1.807, 2.05) is 0 Å². The van der Waals surface area contributed by atoms with E-state index in [0.717, 1.165) is 37.5 Å². The lowest BCUT2D eigenvalue weighted by molar-refractivity contribution is 0.382. The largest absolute Gasteiger partial charge is 0.357 e. The molecule has 0 radical (unpaired) electrons. The van der Waals surface area contributed by atoms with Gasteiger partial charge in [0.15, 0.2) is 0 Å². The van der Waals surface area contributed by atoms with E-state index in [-0.39, 0.29) is 5.63 Å². The van der Waals surface area contributed by atoms with Crippen LogP contribution in [0.2, 0.25) is 0 Å². The minimum atomic E-state index is -0.278. The first-order valence-electron chi connectivity index (χ1n) is 4.73. The highest BCUT2D eigenvalue weighted by molar-refractivity contribution is 4.96. The maximum absolute atomic E-state index is 10.7. The lowest BCUT2D eigenvalue weighted by Crippen LogP contribution is -2.09. The molecule has 2 N–H and O–H groups in total. The zero-order valence-corrected chi connectivity index (χ0v) is 7.51. The van der Waals surface area contributed by atoms with Gasteiger partial charge < -0.3 is 9.84 Å². The monoisotopic (exact) mass is 182 g/mol. The Kier molecular flexibility index (Phi) is 2.49. The van der Waals surface area contributed by atoms with Crippen molar-refractivity contribution < 1.29 is 4.52 Å². The number of aryl methyl sites for hydroxylation is 1. The van der Waals surface area contributed by atoms with Crippen LogP contribution in [0.4, 0.5) is 0 Å². The molecule has 0 spiro atoms. The van der Waals surface area contributed by atoms with Gasteiger partial charge in [-0.3, -0.25) is 0 Å². The van der Waals surface area contributed by atoms with Gasteiger partial charge in [-0.2, -0.15) is 0 Å². The van der Waals surface area contributed by atoms with Crippen LogP contribution in [0.1, 0.15) is 18.5 Å². The van der Waals surface area contributed by atoms with Crippen LogP contribution in [-0.2, 0) is 6.42 Å². The van der Waals surface area contributed by atoms with Crippen LogP contribution in [0.25, 0.3) is 0 Å². The second kappa shape index (κ2) is 3.79. The van der Waals surface area contributed by atoms with Gasteiger partial charge in [0.25, 0.3) is 0 Å². The average Bonchev–Trinajstić information content (AvgIpc) is 2.71. The van der Waals surface area contributed by atoms with Gasteiger partial charge in [0.1, 0.15) is 0 Å². The first kappa shape index (κ1) is 8.56. The summed E-state index contributed by atoms with van der Waals surface area (Å²) in [4.78, 5) is 10.7. The van der Waals surface area contributed by atoms with Gasteiger partial charge in [0.05, 0.1) is 5.69 Å². The van der Waals surface area contributed by atoms with Crippen molar-refractivity contribution in [3.63, 3.8) is 0 Å². The smallest absolute Gasteiger partial charge is 0.339 e. The molecular formula is C9H14N2O2. The van der Waals surface area contributed by atoms with Crippen LogP contribution in [0.5, 0.6) is 0 Å². The molecule has 1 unspecified atom stereocenters. The van der Waals surface area contributed by atoms with Gasteiger partial charge >= 0.3 is 5.63 Å². The normalized spacial score (nSPS) is 22.3. The average molecular weight is 182 g/mol. The zero-order valence-electron chi connectivity index (χ0n) is 7.51. The second-order valence-electron chi connectivity index (χ2n) is 3.59. The van der Waals surface area contributed by atoms with Crippen molar-refractivity contribution in [3.8, 4) is 0 Å². The predicted octanol–water partition coefficient (Wildman–Crippen LogP) is 0.510. The molecule has 4 heteroatoms. The molecule has 1 aromatic rings. The molecule has 0 aromatic carbocycles. The van der Waals surface area contributed by atoms with Crippen molar-refractivity contribution in [2.24, 2.45) is 5.92 Å². The molecule has 2 rings (SSSR count). The van der Waals surface area contributed by atoms with Crippen molar-refractivity contribution in [3.05, 3.63) is 22.2 Å². The molecule has 4 nitrogen and oxygen atoms in total. The van der Waals surface area contributed by atoms with Gasteiger partial charge in [0.2, 0.25) is 0 Å². The highest BCUT2D eigenvalue weighted by Crippen LogP contribution is 2.14. The van der Waals surface area contributed by atoms with Crippen LogP contribution in [0.3, 0.4) is 0 Å². The molecule has 0 aliphatic carbocycles. The Hall–Kier alpha value is -1.03. The second-order valence-corrected chi connectivity index (χ2v) is 3.59. The molecule has 0 bridgehead atoms. The van der Waals surface area contributed by atoms with Crippen LogP contribution < -0.4 is 10.9 Å². The molecule has 2 heterocycles. The minimum Gasteiger partial charge on any atom is -0.339 e. The molecule has 13 heavy (non-hydrogen) atoms. The maximum Gasteiger partial charge on any atom is 0.357 e. The SMILES string of the molecule is O=c1cc(CCC2CCNC2)[nH]o1. The number of aromatic nitrogens is 1. The molecule has 1 fully saturated rings. The Labute approximate surface area is 76.3 Å². The first-order chi connectivity index (χ1) is 6.34. The van der Waals surface area contributed by atoms with Crippen molar-refractivity contribution in [2.75, 3.05) is 13.1 Å². The van der Waals surface area contributed by atoms with Gasteiger partial charge in [-0.25, -0.2) is 9.95 Å². The van der Waals surface area contributed by atoms with E-state index in [9.17, 15) is 4.79 Å². The summed E-state index contributed by atoms with van der Waals surface area (Å²) in [5.74, 6) is 0.762. The summed E-state index contributed by atoms with van der Waals surface area (Å²) >= 11 is 0. The van der Waals surface area contributed by atoms with Gasteiger partial charge in [-0.05, 0) is 38.3 Å². The van der Waals surface area contributed by atoms with Crippen molar-refractivity contribution in [1.82, 2.24) is 10.5 Å². The summed E-state index contributed by atoms with van der Waals surface area (Å²) in [6.07, 6.45) is 3.29. The van der Waals surface area contributed by atoms with Crippen molar-refractivity contribution in [2.45, 2.75) is 19.3 Å². The minimum absolute atomic E-state index is 0.278. The lowest BCUT2D eigenvalue weighted by Gasteiger charge is -2.04. The standard InChI is InChI=1S/C9H14N2O2/c12-9-5-8(11-13-9)2-1-7-3-4-10-6-7/h5,7,10-11H,1-4,6H2. The van der Waals surface area contributed by atoms with E-state index in [0.29, 0.717) is 0 Å². The predicted molar refractivity (Wildman–Crippen MR) is 48.6 cm³/mol. The van der Waals surface area contributed by atoms with Crippen molar-refractivity contribution >= 4 is 0 Å². The van der Waals surface area contributed by atoms with E-state index in [1.54, 1.807) is 0 Å². The molecule has 1 aliphatic rings. The molecular weight excluding hydrogens is 168 g/mol. The van der Waals surface area contributed by atoms with E-state index >= 15 is 0 Å². The van der Waals surface area contributed by atoms with Gasteiger partial charge in [-0.1, -0.05) is 0 Å². The van der Waals surface area contributed by atoms with E-state index in [1.165, 1.54) is 12.5 Å². The quantitative estimate of drug-likeness (QED) is 0.716.